The summed E-state index contributed by atoms with van der Waals surface area (Å²) in [5.74, 6) is 0.413. The predicted molar refractivity (Wildman–Crippen MR) is 149 cm³/mol. The first kappa shape index (κ1) is 28.0. The number of aromatic nitrogens is 2. The second kappa shape index (κ2) is 11.2. The summed E-state index contributed by atoms with van der Waals surface area (Å²) in [5.41, 5.74) is 1.07. The number of hydrogen-bond donors (Lipinski definition) is 1. The lowest BCUT2D eigenvalue weighted by Gasteiger charge is -2.26. The molecule has 0 unspecified atom stereocenters. The van der Waals surface area contributed by atoms with Crippen molar-refractivity contribution in [1.82, 2.24) is 14.9 Å². The van der Waals surface area contributed by atoms with E-state index in [0.29, 0.717) is 22.8 Å². The van der Waals surface area contributed by atoms with Crippen molar-refractivity contribution in [2.75, 3.05) is 0 Å². The average molecular weight is 624 g/mol. The lowest BCUT2D eigenvalue weighted by atomic mass is 9.94. The van der Waals surface area contributed by atoms with Crippen LogP contribution in [-0.2, 0) is 15.9 Å². The zero-order valence-corrected chi connectivity index (χ0v) is 24.2. The van der Waals surface area contributed by atoms with Crippen molar-refractivity contribution < 1.29 is 19.1 Å². The maximum atomic E-state index is 12.9. The van der Waals surface area contributed by atoms with E-state index in [1.54, 1.807) is 12.4 Å². The fourth-order valence-electron chi connectivity index (χ4n) is 3.56. The number of carbonyl (C=O) groups excluding carboxylic acids is 2. The van der Waals surface area contributed by atoms with E-state index in [9.17, 15) is 9.59 Å². The van der Waals surface area contributed by atoms with Crippen LogP contribution >= 0.6 is 34.2 Å². The van der Waals surface area contributed by atoms with Gasteiger partial charge in [0, 0.05) is 21.5 Å². The maximum absolute atomic E-state index is 12.9. The number of carbonyl (C=O) groups is 2. The van der Waals surface area contributed by atoms with Crippen molar-refractivity contribution in [3.8, 4) is 11.4 Å². The molecule has 1 amide bonds. The van der Waals surface area contributed by atoms with E-state index in [0.717, 1.165) is 14.7 Å². The van der Waals surface area contributed by atoms with E-state index in [2.05, 4.69) is 32.9 Å². The molecule has 7 nitrogen and oxygen atoms in total. The number of nitrogens with zero attached hydrogens (tertiary/aromatic N) is 2. The van der Waals surface area contributed by atoms with Gasteiger partial charge in [-0.05, 0) is 93.8 Å². The topological polar surface area (TPSA) is 82.5 Å². The molecular formula is C27H31ClIN3O4. The van der Waals surface area contributed by atoms with Gasteiger partial charge in [0.05, 0.1) is 11.1 Å². The zero-order chi connectivity index (χ0) is 26.7. The fourth-order valence-corrected chi connectivity index (χ4v) is 4.10. The maximum Gasteiger partial charge on any atom is 0.420 e. The quantitative estimate of drug-likeness (QED) is 0.300. The van der Waals surface area contributed by atoms with Crippen molar-refractivity contribution in [1.29, 1.82) is 0 Å². The molecule has 0 radical (unpaired) electrons. The third kappa shape index (κ3) is 7.70. The molecule has 0 spiro atoms. The molecule has 0 aliphatic heterocycles. The summed E-state index contributed by atoms with van der Waals surface area (Å²) >= 11 is 8.55. The van der Waals surface area contributed by atoms with Crippen molar-refractivity contribution in [2.45, 2.75) is 65.2 Å². The van der Waals surface area contributed by atoms with Gasteiger partial charge in [-0.15, -0.1) is 0 Å². The van der Waals surface area contributed by atoms with Gasteiger partial charge in [0.15, 0.2) is 0 Å². The van der Waals surface area contributed by atoms with Crippen molar-refractivity contribution in [2.24, 2.45) is 0 Å². The molecule has 1 atom stereocenters. The lowest BCUT2D eigenvalue weighted by Crippen LogP contribution is -2.36. The number of amides is 1. The van der Waals surface area contributed by atoms with Gasteiger partial charge in [0.1, 0.15) is 17.0 Å². The SMILES string of the molecule is CC(C)(C)OC(=O)N[C@@H](Cc1ccc(I)c(Cl)c1)c1ccccc1-c1nccn1C(=O)OC(C)(C)C. The van der Waals surface area contributed by atoms with Crippen LogP contribution in [0, 0.1) is 3.57 Å². The Morgan fingerprint density at radius 1 is 1.06 bits per heavy atom. The minimum Gasteiger partial charge on any atom is -0.444 e. The number of hydrogen-bond acceptors (Lipinski definition) is 5. The first-order valence-corrected chi connectivity index (χ1v) is 13.0. The molecule has 0 saturated heterocycles. The van der Waals surface area contributed by atoms with Crippen molar-refractivity contribution in [3.63, 3.8) is 0 Å². The normalized spacial score (nSPS) is 12.7. The van der Waals surface area contributed by atoms with Gasteiger partial charge in [0.2, 0.25) is 0 Å². The highest BCUT2D eigenvalue weighted by molar-refractivity contribution is 14.1. The monoisotopic (exact) mass is 623 g/mol. The van der Waals surface area contributed by atoms with Gasteiger partial charge in [-0.2, -0.15) is 0 Å². The Bertz CT molecular complexity index is 1240. The minimum absolute atomic E-state index is 0.413. The van der Waals surface area contributed by atoms with Gasteiger partial charge in [0.25, 0.3) is 0 Å². The van der Waals surface area contributed by atoms with E-state index in [1.807, 2.05) is 84.0 Å². The minimum atomic E-state index is -0.664. The smallest absolute Gasteiger partial charge is 0.420 e. The van der Waals surface area contributed by atoms with E-state index >= 15 is 0 Å². The molecule has 36 heavy (non-hydrogen) atoms. The van der Waals surface area contributed by atoms with Crippen LogP contribution < -0.4 is 5.32 Å². The lowest BCUT2D eigenvalue weighted by molar-refractivity contribution is 0.0499. The van der Waals surface area contributed by atoms with Gasteiger partial charge in [-0.25, -0.2) is 19.1 Å². The van der Waals surface area contributed by atoms with Crippen molar-refractivity contribution >= 4 is 46.4 Å². The molecule has 3 rings (SSSR count). The molecule has 9 heteroatoms. The number of rotatable bonds is 5. The van der Waals surface area contributed by atoms with Crippen LogP contribution in [0.15, 0.2) is 54.9 Å². The summed E-state index contributed by atoms with van der Waals surface area (Å²) in [4.78, 5) is 30.2. The molecule has 0 bridgehead atoms. The summed E-state index contributed by atoms with van der Waals surface area (Å²) in [7, 11) is 0. The number of halogens is 2. The first-order chi connectivity index (χ1) is 16.7. The Morgan fingerprint density at radius 2 is 1.72 bits per heavy atom. The average Bonchev–Trinajstić information content (AvgIpc) is 3.23. The summed E-state index contributed by atoms with van der Waals surface area (Å²) in [6.07, 6.45) is 2.47. The van der Waals surface area contributed by atoms with Crippen LogP contribution in [0.2, 0.25) is 5.02 Å². The Labute approximate surface area is 230 Å². The van der Waals surface area contributed by atoms with Crippen LogP contribution in [-0.4, -0.2) is 32.9 Å². The summed E-state index contributed by atoms with van der Waals surface area (Å²) in [6, 6.07) is 12.8. The first-order valence-electron chi connectivity index (χ1n) is 11.5. The second-order valence-electron chi connectivity index (χ2n) is 10.3. The molecule has 1 aromatic heterocycles. The Hall–Kier alpha value is -2.59. The molecule has 0 fully saturated rings. The Balaban J connectivity index is 2.05. The molecule has 0 aliphatic carbocycles. The largest absolute Gasteiger partial charge is 0.444 e. The Morgan fingerprint density at radius 3 is 2.36 bits per heavy atom. The molecule has 192 valence electrons. The van der Waals surface area contributed by atoms with E-state index < -0.39 is 29.4 Å². The molecular weight excluding hydrogens is 593 g/mol. The van der Waals surface area contributed by atoms with Crippen LogP contribution in [0.1, 0.15) is 58.7 Å². The van der Waals surface area contributed by atoms with Crippen LogP contribution in [0.5, 0.6) is 0 Å². The third-order valence-corrected chi connectivity index (χ3v) is 6.50. The van der Waals surface area contributed by atoms with Crippen LogP contribution in [0.3, 0.4) is 0 Å². The highest BCUT2D eigenvalue weighted by atomic mass is 127. The van der Waals surface area contributed by atoms with Gasteiger partial charge < -0.3 is 14.8 Å². The van der Waals surface area contributed by atoms with Gasteiger partial charge in [-0.3, -0.25) is 0 Å². The summed E-state index contributed by atoms with van der Waals surface area (Å²) in [6.45, 7) is 10.9. The highest BCUT2D eigenvalue weighted by Gasteiger charge is 2.26. The zero-order valence-electron chi connectivity index (χ0n) is 21.3. The molecule has 1 heterocycles. The number of nitrogens with one attached hydrogen (secondary N) is 1. The second-order valence-corrected chi connectivity index (χ2v) is 11.9. The predicted octanol–water partition coefficient (Wildman–Crippen LogP) is 7.40. The Kier molecular flexibility index (Phi) is 8.71. The van der Waals surface area contributed by atoms with Gasteiger partial charge >= 0.3 is 12.2 Å². The standard InChI is InChI=1S/C27H31ClIN3O4/c1-26(2,3)35-24(33)31-22(16-17-11-12-21(29)20(28)15-17)18-9-7-8-10-19(18)23-30-13-14-32(23)25(34)36-27(4,5)6/h7-15,22H,16H2,1-6H3,(H,31,33)/t22-/m0/s1. The van der Waals surface area contributed by atoms with Crippen molar-refractivity contribution in [3.05, 3.63) is 74.6 Å². The van der Waals surface area contributed by atoms with E-state index in [4.69, 9.17) is 21.1 Å². The molecule has 1 N–H and O–H groups in total. The highest BCUT2D eigenvalue weighted by Crippen LogP contribution is 2.31. The number of imidazole rings is 1. The molecule has 0 aliphatic rings. The summed E-state index contributed by atoms with van der Waals surface area (Å²) < 4.78 is 13.4. The number of alkyl carbamates (subject to hydrolysis) is 1. The number of benzene rings is 2. The molecule has 3 aromatic rings. The third-order valence-electron chi connectivity index (χ3n) is 4.92. The van der Waals surface area contributed by atoms with Crippen LogP contribution in [0.4, 0.5) is 9.59 Å². The summed E-state index contributed by atoms with van der Waals surface area (Å²) in [5, 5.41) is 3.64. The van der Waals surface area contributed by atoms with Gasteiger partial charge in [-0.1, -0.05) is 41.9 Å². The molecule has 2 aromatic carbocycles. The van der Waals surface area contributed by atoms with E-state index in [-0.39, 0.29) is 0 Å². The number of ether oxygens (including phenoxy) is 2. The van der Waals surface area contributed by atoms with Crippen LogP contribution in [0.25, 0.3) is 11.4 Å². The molecule has 0 saturated carbocycles. The fraction of sp³-hybridized carbons (Fsp3) is 0.370. The van der Waals surface area contributed by atoms with E-state index in [1.165, 1.54) is 4.57 Å².